The highest BCUT2D eigenvalue weighted by atomic mass is 19.1. The van der Waals surface area contributed by atoms with Crippen molar-refractivity contribution < 1.29 is 4.39 Å². The van der Waals surface area contributed by atoms with Gasteiger partial charge in [-0.2, -0.15) is 5.10 Å². The molecule has 0 spiro atoms. The molecule has 68 valence electrons. The maximum absolute atomic E-state index is 13.6. The molecule has 1 aromatic carbocycles. The molecule has 0 atom stereocenters. The van der Waals surface area contributed by atoms with E-state index in [2.05, 4.69) is 5.10 Å². The van der Waals surface area contributed by atoms with E-state index >= 15 is 0 Å². The van der Waals surface area contributed by atoms with Gasteiger partial charge in [0.15, 0.2) is 5.82 Å². The van der Waals surface area contributed by atoms with Crippen LogP contribution in [0.1, 0.15) is 11.1 Å². The Morgan fingerprint density at radius 1 is 1.38 bits per heavy atom. The van der Waals surface area contributed by atoms with Crippen LogP contribution in [0.3, 0.4) is 0 Å². The van der Waals surface area contributed by atoms with E-state index in [4.69, 9.17) is 0 Å². The van der Waals surface area contributed by atoms with Gasteiger partial charge in [-0.1, -0.05) is 0 Å². The Bertz CT molecular complexity index is 471. The van der Waals surface area contributed by atoms with Crippen molar-refractivity contribution in [2.45, 2.75) is 13.8 Å². The van der Waals surface area contributed by atoms with E-state index in [-0.39, 0.29) is 5.82 Å². The minimum atomic E-state index is -0.199. The first-order valence-electron chi connectivity index (χ1n) is 4.18. The molecule has 2 aromatic rings. The van der Waals surface area contributed by atoms with Gasteiger partial charge in [0.05, 0.1) is 0 Å². The van der Waals surface area contributed by atoms with Gasteiger partial charge in [-0.15, -0.1) is 0 Å². The molecule has 0 fully saturated rings. The Morgan fingerprint density at radius 2 is 2.08 bits per heavy atom. The number of hydrogen-bond donors (Lipinski definition) is 0. The van der Waals surface area contributed by atoms with E-state index in [1.165, 1.54) is 0 Å². The average molecular weight is 178 g/mol. The molecule has 0 unspecified atom stereocenters. The van der Waals surface area contributed by atoms with Crippen LogP contribution < -0.4 is 0 Å². The lowest BCUT2D eigenvalue weighted by Crippen LogP contribution is -1.90. The van der Waals surface area contributed by atoms with Crippen LogP contribution in [0.2, 0.25) is 0 Å². The fourth-order valence-electron chi connectivity index (χ4n) is 1.48. The summed E-state index contributed by atoms with van der Waals surface area (Å²) < 4.78 is 15.2. The summed E-state index contributed by atoms with van der Waals surface area (Å²) in [6.07, 6.45) is 1.82. The summed E-state index contributed by atoms with van der Waals surface area (Å²) in [4.78, 5) is 0. The topological polar surface area (TPSA) is 17.8 Å². The predicted octanol–water partition coefficient (Wildman–Crippen LogP) is 2.33. The van der Waals surface area contributed by atoms with Crippen molar-refractivity contribution in [1.29, 1.82) is 0 Å². The number of nitrogens with zero attached hydrogens (tertiary/aromatic N) is 2. The summed E-state index contributed by atoms with van der Waals surface area (Å²) in [5.41, 5.74) is 2.12. The van der Waals surface area contributed by atoms with E-state index in [0.717, 1.165) is 10.9 Å². The normalized spacial score (nSPS) is 11.1. The molecule has 0 saturated heterocycles. The predicted molar refractivity (Wildman–Crippen MR) is 50.1 cm³/mol. The molecule has 3 heteroatoms. The summed E-state index contributed by atoms with van der Waals surface area (Å²) >= 11 is 0. The van der Waals surface area contributed by atoms with Crippen molar-refractivity contribution in [3.05, 3.63) is 29.2 Å². The second kappa shape index (κ2) is 2.55. The van der Waals surface area contributed by atoms with Crippen molar-refractivity contribution in [2.24, 2.45) is 7.05 Å². The van der Waals surface area contributed by atoms with Gasteiger partial charge in [0.25, 0.3) is 0 Å². The Kier molecular flexibility index (Phi) is 1.62. The number of fused-ring (bicyclic) bond motifs is 1. The number of halogens is 1. The second-order valence-corrected chi connectivity index (χ2v) is 3.37. The third kappa shape index (κ3) is 1.11. The number of hydrogen-bond acceptors (Lipinski definition) is 1. The number of benzene rings is 1. The molecule has 0 bridgehead atoms. The van der Waals surface area contributed by atoms with Crippen LogP contribution in [-0.4, -0.2) is 9.78 Å². The van der Waals surface area contributed by atoms with Crippen molar-refractivity contribution in [3.63, 3.8) is 0 Å². The summed E-state index contributed by atoms with van der Waals surface area (Å²) in [6.45, 7) is 3.68. The van der Waals surface area contributed by atoms with Gasteiger partial charge in [0.2, 0.25) is 0 Å². The lowest BCUT2D eigenvalue weighted by Gasteiger charge is -2.00. The quantitative estimate of drug-likeness (QED) is 0.605. The number of aryl methyl sites for hydroxylation is 2. The molecule has 0 aliphatic heterocycles. The van der Waals surface area contributed by atoms with E-state index in [9.17, 15) is 4.39 Å². The maximum atomic E-state index is 13.6. The zero-order valence-electron chi connectivity index (χ0n) is 7.93. The fraction of sp³-hybridized carbons (Fsp3) is 0.300. The highest BCUT2D eigenvalue weighted by molar-refractivity contribution is 5.80. The first kappa shape index (κ1) is 8.23. The third-order valence-corrected chi connectivity index (χ3v) is 2.36. The molecule has 1 aromatic heterocycles. The van der Waals surface area contributed by atoms with Crippen LogP contribution in [0.25, 0.3) is 10.9 Å². The minimum Gasteiger partial charge on any atom is -0.274 e. The molecule has 13 heavy (non-hydrogen) atoms. The lowest BCUT2D eigenvalue weighted by molar-refractivity contribution is 0.622. The van der Waals surface area contributed by atoms with Gasteiger partial charge >= 0.3 is 0 Å². The summed E-state index contributed by atoms with van der Waals surface area (Å²) in [6, 6.07) is 1.96. The van der Waals surface area contributed by atoms with Crippen molar-refractivity contribution >= 4 is 10.9 Å². The van der Waals surface area contributed by atoms with Crippen molar-refractivity contribution in [3.8, 4) is 0 Å². The van der Waals surface area contributed by atoms with E-state index in [1.54, 1.807) is 18.7 Å². The van der Waals surface area contributed by atoms with Gasteiger partial charge in [0.1, 0.15) is 5.52 Å². The van der Waals surface area contributed by atoms with Crippen LogP contribution in [0.5, 0.6) is 0 Å². The summed E-state index contributed by atoms with van der Waals surface area (Å²) in [5.74, 6) is -0.199. The van der Waals surface area contributed by atoms with E-state index in [0.29, 0.717) is 11.1 Å². The van der Waals surface area contributed by atoms with Gasteiger partial charge in [-0.3, -0.25) is 4.68 Å². The van der Waals surface area contributed by atoms with E-state index in [1.807, 2.05) is 19.2 Å². The molecule has 1 heterocycles. The molecule has 2 nitrogen and oxygen atoms in total. The first-order chi connectivity index (χ1) is 6.09. The highest BCUT2D eigenvalue weighted by Crippen LogP contribution is 2.21. The monoisotopic (exact) mass is 178 g/mol. The zero-order valence-corrected chi connectivity index (χ0v) is 7.93. The summed E-state index contributed by atoms with van der Waals surface area (Å²) in [7, 11) is 1.80. The van der Waals surface area contributed by atoms with Crippen LogP contribution in [0.15, 0.2) is 12.3 Å². The lowest BCUT2D eigenvalue weighted by atomic mass is 10.1. The zero-order chi connectivity index (χ0) is 9.59. The van der Waals surface area contributed by atoms with Crippen molar-refractivity contribution in [1.82, 2.24) is 9.78 Å². The Balaban J connectivity index is 2.92. The Hall–Kier alpha value is -1.38. The van der Waals surface area contributed by atoms with Crippen LogP contribution in [0, 0.1) is 19.7 Å². The first-order valence-corrected chi connectivity index (χ1v) is 4.18. The van der Waals surface area contributed by atoms with Gasteiger partial charge in [-0.05, 0) is 31.0 Å². The molecule has 0 N–H and O–H groups in total. The number of aromatic nitrogens is 2. The van der Waals surface area contributed by atoms with Crippen LogP contribution in [0.4, 0.5) is 4.39 Å². The third-order valence-electron chi connectivity index (χ3n) is 2.36. The largest absolute Gasteiger partial charge is 0.274 e. The van der Waals surface area contributed by atoms with Gasteiger partial charge in [0, 0.05) is 18.6 Å². The van der Waals surface area contributed by atoms with E-state index < -0.39 is 0 Å². The fourth-order valence-corrected chi connectivity index (χ4v) is 1.48. The SMILES string of the molecule is Cc1cc2cn(C)nc2c(F)c1C. The minimum absolute atomic E-state index is 0.199. The van der Waals surface area contributed by atoms with Crippen molar-refractivity contribution in [2.75, 3.05) is 0 Å². The molecular formula is C10H11FN2. The smallest absolute Gasteiger partial charge is 0.154 e. The van der Waals surface area contributed by atoms with Gasteiger partial charge < -0.3 is 0 Å². The second-order valence-electron chi connectivity index (χ2n) is 3.37. The molecular weight excluding hydrogens is 167 g/mol. The molecule has 0 aliphatic rings. The summed E-state index contributed by atoms with van der Waals surface area (Å²) in [5, 5.41) is 4.92. The Morgan fingerprint density at radius 3 is 2.77 bits per heavy atom. The molecule has 0 saturated carbocycles. The number of rotatable bonds is 0. The molecule has 0 radical (unpaired) electrons. The standard InChI is InChI=1S/C10H11FN2/c1-6-4-8-5-13(3)12-10(8)9(11)7(6)2/h4-5H,1-3H3. The molecule has 0 aliphatic carbocycles. The maximum Gasteiger partial charge on any atom is 0.154 e. The highest BCUT2D eigenvalue weighted by Gasteiger charge is 2.09. The van der Waals surface area contributed by atoms with Crippen LogP contribution in [-0.2, 0) is 7.05 Å². The van der Waals surface area contributed by atoms with Gasteiger partial charge in [-0.25, -0.2) is 4.39 Å². The molecule has 2 rings (SSSR count). The molecule has 0 amide bonds. The Labute approximate surface area is 76.0 Å². The van der Waals surface area contributed by atoms with Crippen LogP contribution >= 0.6 is 0 Å². The average Bonchev–Trinajstić information content (AvgIpc) is 2.42.